The molecule has 0 aliphatic heterocycles. The van der Waals surface area contributed by atoms with E-state index in [9.17, 15) is 0 Å². The topological polar surface area (TPSA) is 56.5 Å². The first kappa shape index (κ1) is 15.4. The summed E-state index contributed by atoms with van der Waals surface area (Å²) >= 11 is 0. The van der Waals surface area contributed by atoms with E-state index in [1.54, 1.807) is 12.3 Å². The maximum absolute atomic E-state index is 5.59. The van der Waals surface area contributed by atoms with E-state index in [4.69, 9.17) is 13.9 Å². The van der Waals surface area contributed by atoms with Gasteiger partial charge in [0.2, 0.25) is 0 Å². The molecule has 1 aromatic carbocycles. The smallest absolute Gasteiger partial charge is 0.399 e. The fourth-order valence-corrected chi connectivity index (χ4v) is 1.67. The van der Waals surface area contributed by atoms with Crippen LogP contribution in [0.2, 0.25) is 0 Å². The van der Waals surface area contributed by atoms with Crippen LogP contribution in [0.4, 0.5) is 0 Å². The van der Waals surface area contributed by atoms with Gasteiger partial charge in [0.05, 0.1) is 12.3 Å². The molecule has 0 fully saturated rings. The number of hydrogen-bond acceptors (Lipinski definition) is 5. The number of nitrogens with one attached hydrogen (secondary N) is 1. The largest absolute Gasteiger partial charge is 0.494 e. The second-order valence-corrected chi connectivity index (χ2v) is 5.72. The third-order valence-electron chi connectivity index (χ3n) is 2.65. The molecule has 0 atom stereocenters. The van der Waals surface area contributed by atoms with Crippen LogP contribution in [-0.2, 0) is 6.54 Å². The first-order valence-electron chi connectivity index (χ1n) is 7.06. The van der Waals surface area contributed by atoms with Crippen LogP contribution >= 0.6 is 0 Å². The minimum Gasteiger partial charge on any atom is -0.494 e. The van der Waals surface area contributed by atoms with Crippen LogP contribution in [0, 0.1) is 0 Å². The van der Waals surface area contributed by atoms with Crippen molar-refractivity contribution >= 4 is 0 Å². The molecule has 114 valence electrons. The number of benzene rings is 1. The summed E-state index contributed by atoms with van der Waals surface area (Å²) in [6.07, 6.45) is 1.83. The predicted octanol–water partition coefficient (Wildman–Crippen LogP) is 3.75. The molecule has 5 nitrogen and oxygen atoms in total. The maximum atomic E-state index is 5.59. The molecule has 2 rings (SSSR count). The standard InChI is InChI=1S/C16H22N2O3/c1-5-19-13-7-6-8-14(9-13)21-15-18-12(11-20-15)10-17-16(2,3)4/h6-9,11,17H,5,10H2,1-4H3. The molecule has 0 saturated carbocycles. The zero-order chi connectivity index (χ0) is 15.3. The number of ether oxygens (including phenoxy) is 2. The monoisotopic (exact) mass is 290 g/mol. The molecule has 0 saturated heterocycles. The van der Waals surface area contributed by atoms with Crippen molar-refractivity contribution < 1.29 is 13.9 Å². The Morgan fingerprint density at radius 1 is 1.24 bits per heavy atom. The number of oxazole rings is 1. The molecule has 0 amide bonds. The Labute approximate surface area is 125 Å². The molecule has 5 heteroatoms. The first-order valence-corrected chi connectivity index (χ1v) is 7.06. The van der Waals surface area contributed by atoms with Crippen LogP contribution in [0.25, 0.3) is 0 Å². The van der Waals surface area contributed by atoms with Gasteiger partial charge in [0.25, 0.3) is 0 Å². The molecule has 1 N–H and O–H groups in total. The Hall–Kier alpha value is -2.01. The Balaban J connectivity index is 1.97. The molecule has 21 heavy (non-hydrogen) atoms. The van der Waals surface area contributed by atoms with Crippen LogP contribution < -0.4 is 14.8 Å². The molecule has 0 spiro atoms. The highest BCUT2D eigenvalue weighted by atomic mass is 16.6. The minimum absolute atomic E-state index is 0.0335. The van der Waals surface area contributed by atoms with Gasteiger partial charge in [-0.05, 0) is 39.8 Å². The SMILES string of the molecule is CCOc1cccc(Oc2nc(CNC(C)(C)C)co2)c1. The van der Waals surface area contributed by atoms with Crippen LogP contribution in [0.15, 0.2) is 34.9 Å². The van der Waals surface area contributed by atoms with Crippen molar-refractivity contribution in [3.05, 3.63) is 36.2 Å². The Bertz CT molecular complexity index is 573. The summed E-state index contributed by atoms with van der Waals surface area (Å²) < 4.78 is 16.3. The Kier molecular flexibility index (Phi) is 4.85. The van der Waals surface area contributed by atoms with Crippen molar-refractivity contribution in [3.8, 4) is 17.6 Å². The van der Waals surface area contributed by atoms with Crippen molar-refractivity contribution in [2.24, 2.45) is 0 Å². The number of hydrogen-bond donors (Lipinski definition) is 1. The lowest BCUT2D eigenvalue weighted by Crippen LogP contribution is -2.35. The molecule has 0 radical (unpaired) electrons. The van der Waals surface area contributed by atoms with Gasteiger partial charge >= 0.3 is 6.08 Å². The predicted molar refractivity (Wildman–Crippen MR) is 80.8 cm³/mol. The number of aromatic nitrogens is 1. The lowest BCUT2D eigenvalue weighted by Gasteiger charge is -2.19. The quantitative estimate of drug-likeness (QED) is 0.878. The molecule has 1 aromatic heterocycles. The highest BCUT2D eigenvalue weighted by Crippen LogP contribution is 2.24. The van der Waals surface area contributed by atoms with Crippen molar-refractivity contribution in [3.63, 3.8) is 0 Å². The Morgan fingerprint density at radius 3 is 2.71 bits per heavy atom. The second-order valence-electron chi connectivity index (χ2n) is 5.72. The zero-order valence-corrected chi connectivity index (χ0v) is 13.0. The van der Waals surface area contributed by atoms with E-state index in [-0.39, 0.29) is 11.6 Å². The summed E-state index contributed by atoms with van der Waals surface area (Å²) in [6, 6.07) is 7.39. The molecule has 0 aliphatic rings. The van der Waals surface area contributed by atoms with E-state index in [2.05, 4.69) is 31.1 Å². The number of rotatable bonds is 6. The summed E-state index contributed by atoms with van der Waals surface area (Å²) in [6.45, 7) is 9.49. The van der Waals surface area contributed by atoms with Gasteiger partial charge in [-0.1, -0.05) is 6.07 Å². The van der Waals surface area contributed by atoms with Gasteiger partial charge in [-0.15, -0.1) is 0 Å². The van der Waals surface area contributed by atoms with Crippen molar-refractivity contribution in [2.75, 3.05) is 6.61 Å². The second kappa shape index (κ2) is 6.63. The van der Waals surface area contributed by atoms with E-state index < -0.39 is 0 Å². The average Bonchev–Trinajstić information content (AvgIpc) is 2.84. The van der Waals surface area contributed by atoms with Gasteiger partial charge in [-0.25, -0.2) is 0 Å². The van der Waals surface area contributed by atoms with Crippen LogP contribution in [0.1, 0.15) is 33.4 Å². The normalized spacial score (nSPS) is 11.4. The van der Waals surface area contributed by atoms with Gasteiger partial charge in [0.15, 0.2) is 0 Å². The van der Waals surface area contributed by atoms with Crippen molar-refractivity contribution in [2.45, 2.75) is 39.8 Å². The maximum Gasteiger partial charge on any atom is 0.399 e. The van der Waals surface area contributed by atoms with E-state index in [1.165, 1.54) is 0 Å². The van der Waals surface area contributed by atoms with Gasteiger partial charge in [-0.3, -0.25) is 0 Å². The highest BCUT2D eigenvalue weighted by Gasteiger charge is 2.12. The van der Waals surface area contributed by atoms with Crippen LogP contribution in [0.5, 0.6) is 17.6 Å². The fourth-order valence-electron chi connectivity index (χ4n) is 1.67. The number of nitrogens with zero attached hydrogens (tertiary/aromatic N) is 1. The van der Waals surface area contributed by atoms with Crippen LogP contribution in [-0.4, -0.2) is 17.1 Å². The summed E-state index contributed by atoms with van der Waals surface area (Å²) in [5.41, 5.74) is 0.840. The van der Waals surface area contributed by atoms with Gasteiger partial charge in [0.1, 0.15) is 17.8 Å². The van der Waals surface area contributed by atoms with Gasteiger partial charge in [-0.2, -0.15) is 4.98 Å². The molecule has 2 aromatic rings. The molecule has 0 bridgehead atoms. The lowest BCUT2D eigenvalue weighted by atomic mass is 10.1. The molecular formula is C16H22N2O3. The third kappa shape index (κ3) is 5.11. The molecule has 1 heterocycles. The average molecular weight is 290 g/mol. The van der Waals surface area contributed by atoms with E-state index in [0.717, 1.165) is 11.4 Å². The summed E-state index contributed by atoms with van der Waals surface area (Å²) in [4.78, 5) is 4.29. The third-order valence-corrected chi connectivity index (χ3v) is 2.65. The molecular weight excluding hydrogens is 268 g/mol. The van der Waals surface area contributed by atoms with Gasteiger partial charge < -0.3 is 19.2 Å². The fraction of sp³-hybridized carbons (Fsp3) is 0.438. The summed E-state index contributed by atoms with van der Waals surface area (Å²) in [5.74, 6) is 1.40. The molecule has 0 unspecified atom stereocenters. The van der Waals surface area contributed by atoms with E-state index >= 15 is 0 Å². The molecule has 0 aliphatic carbocycles. The van der Waals surface area contributed by atoms with E-state index in [0.29, 0.717) is 18.9 Å². The van der Waals surface area contributed by atoms with Crippen LogP contribution in [0.3, 0.4) is 0 Å². The first-order chi connectivity index (χ1) is 9.96. The van der Waals surface area contributed by atoms with Crippen molar-refractivity contribution in [1.82, 2.24) is 10.3 Å². The lowest BCUT2D eigenvalue weighted by molar-refractivity contribution is 0.321. The highest BCUT2D eigenvalue weighted by molar-refractivity contribution is 5.34. The summed E-state index contributed by atoms with van der Waals surface area (Å²) in [5, 5.41) is 3.34. The Morgan fingerprint density at radius 2 is 2.00 bits per heavy atom. The van der Waals surface area contributed by atoms with Crippen molar-refractivity contribution in [1.29, 1.82) is 0 Å². The minimum atomic E-state index is 0.0335. The zero-order valence-electron chi connectivity index (χ0n) is 13.0. The van der Waals surface area contributed by atoms with Gasteiger partial charge in [0, 0.05) is 18.2 Å². The summed E-state index contributed by atoms with van der Waals surface area (Å²) in [7, 11) is 0. The van der Waals surface area contributed by atoms with E-state index in [1.807, 2.05) is 25.1 Å².